The lowest BCUT2D eigenvalue weighted by molar-refractivity contribution is -0.137. The fourth-order valence-electron chi connectivity index (χ4n) is 3.54. The van der Waals surface area contributed by atoms with Crippen LogP contribution in [0.4, 0.5) is 0 Å². The molecule has 0 atom stereocenters. The fourth-order valence-corrected chi connectivity index (χ4v) is 3.54. The number of amides is 2. The van der Waals surface area contributed by atoms with Crippen LogP contribution in [0.1, 0.15) is 39.5 Å². The monoisotopic (exact) mass is 512 g/mol. The van der Waals surface area contributed by atoms with Crippen LogP contribution in [0, 0.1) is 11.3 Å². The zero-order valence-corrected chi connectivity index (χ0v) is 21.2. The number of hydrogen-bond acceptors (Lipinski definition) is 7. The maximum Gasteiger partial charge on any atom is 0.354 e. The standard InChI is InChI=1S/C29H28N4O5/c1-20(34)33-26(29(36)37-2)18-25-10-7-23(19-30)17-27(25)38-16-15-32-28(35)24-8-5-21(6-9-24)3-4-22-11-13-31-14-12-22/h5-14,17-18H,3-4,15-16H2,1-2H3,(H,32,35)(H,33,34). The number of hydrogen-bond donors (Lipinski definition) is 2. The molecule has 0 aliphatic carbocycles. The van der Waals surface area contributed by atoms with Crippen LogP contribution < -0.4 is 15.4 Å². The van der Waals surface area contributed by atoms with E-state index >= 15 is 0 Å². The first kappa shape index (κ1) is 27.6. The quantitative estimate of drug-likeness (QED) is 0.229. The van der Waals surface area contributed by atoms with Gasteiger partial charge in [-0.15, -0.1) is 0 Å². The van der Waals surface area contributed by atoms with Crippen molar-refractivity contribution in [2.75, 3.05) is 20.3 Å². The SMILES string of the molecule is COC(=O)C(=Cc1ccc(C#N)cc1OCCNC(=O)c1ccc(CCc2ccncc2)cc1)NC(C)=O. The van der Waals surface area contributed by atoms with Crippen molar-refractivity contribution in [3.05, 3.63) is 101 Å². The van der Waals surface area contributed by atoms with E-state index in [0.717, 1.165) is 18.4 Å². The number of pyridine rings is 1. The molecule has 1 heterocycles. The van der Waals surface area contributed by atoms with Crippen LogP contribution in [0.15, 0.2) is 72.7 Å². The molecule has 0 saturated carbocycles. The molecule has 0 aliphatic rings. The van der Waals surface area contributed by atoms with Gasteiger partial charge in [-0.25, -0.2) is 4.79 Å². The average Bonchev–Trinajstić information content (AvgIpc) is 2.94. The number of aryl methyl sites for hydroxylation is 2. The summed E-state index contributed by atoms with van der Waals surface area (Å²) in [7, 11) is 1.20. The lowest BCUT2D eigenvalue weighted by Gasteiger charge is -2.12. The number of methoxy groups -OCH3 is 1. The van der Waals surface area contributed by atoms with Gasteiger partial charge in [0.15, 0.2) is 0 Å². The number of nitrogens with zero attached hydrogens (tertiary/aromatic N) is 2. The zero-order valence-electron chi connectivity index (χ0n) is 21.2. The number of carbonyl (C=O) groups is 3. The summed E-state index contributed by atoms with van der Waals surface area (Å²) in [5.41, 5.74) is 3.59. The van der Waals surface area contributed by atoms with Gasteiger partial charge in [0.05, 0.1) is 25.3 Å². The van der Waals surface area contributed by atoms with Gasteiger partial charge in [0.25, 0.3) is 5.91 Å². The second kappa shape index (κ2) is 13.9. The number of rotatable bonds is 11. The van der Waals surface area contributed by atoms with E-state index in [1.54, 1.807) is 36.7 Å². The highest BCUT2D eigenvalue weighted by molar-refractivity contribution is 5.98. The molecule has 0 fully saturated rings. The summed E-state index contributed by atoms with van der Waals surface area (Å²) in [6, 6.07) is 18.1. The van der Waals surface area contributed by atoms with Gasteiger partial charge in [-0.1, -0.05) is 12.1 Å². The first-order chi connectivity index (χ1) is 18.4. The molecule has 3 rings (SSSR count). The highest BCUT2D eigenvalue weighted by atomic mass is 16.5. The van der Waals surface area contributed by atoms with Crippen molar-refractivity contribution >= 4 is 23.9 Å². The summed E-state index contributed by atoms with van der Waals surface area (Å²) in [6.07, 6.45) is 6.70. The van der Waals surface area contributed by atoms with Crippen LogP contribution in [0.5, 0.6) is 5.75 Å². The van der Waals surface area contributed by atoms with Crippen LogP contribution >= 0.6 is 0 Å². The molecule has 9 heteroatoms. The third-order valence-corrected chi connectivity index (χ3v) is 5.47. The van der Waals surface area contributed by atoms with Gasteiger partial charge in [-0.05, 0) is 72.5 Å². The fraction of sp³-hybridized carbons (Fsp3) is 0.207. The lowest BCUT2D eigenvalue weighted by atomic mass is 10.0. The molecule has 2 aromatic carbocycles. The molecule has 38 heavy (non-hydrogen) atoms. The Labute approximate surface area is 221 Å². The van der Waals surface area contributed by atoms with Crippen LogP contribution in [-0.2, 0) is 27.2 Å². The predicted molar refractivity (Wildman–Crippen MR) is 141 cm³/mol. The molecule has 0 spiro atoms. The number of nitriles is 1. The Morgan fingerprint density at radius 3 is 2.32 bits per heavy atom. The summed E-state index contributed by atoms with van der Waals surface area (Å²) in [5.74, 6) is -1.10. The maximum atomic E-state index is 12.6. The van der Waals surface area contributed by atoms with E-state index in [1.165, 1.54) is 31.7 Å². The van der Waals surface area contributed by atoms with E-state index in [2.05, 4.69) is 15.6 Å². The number of ether oxygens (including phenoxy) is 2. The van der Waals surface area contributed by atoms with Gasteiger partial charge in [0.2, 0.25) is 5.91 Å². The Morgan fingerprint density at radius 2 is 1.68 bits per heavy atom. The number of carbonyl (C=O) groups excluding carboxylic acids is 3. The molecule has 2 N–H and O–H groups in total. The maximum absolute atomic E-state index is 12.6. The summed E-state index contributed by atoms with van der Waals surface area (Å²) in [6.45, 7) is 1.59. The third-order valence-electron chi connectivity index (χ3n) is 5.47. The molecule has 3 aromatic rings. The van der Waals surface area contributed by atoms with Gasteiger partial charge in [0, 0.05) is 30.4 Å². The molecule has 0 aliphatic heterocycles. The second-order valence-electron chi connectivity index (χ2n) is 8.25. The van der Waals surface area contributed by atoms with Crippen LogP contribution in [0.3, 0.4) is 0 Å². The Hall–Kier alpha value is -4.97. The minimum absolute atomic E-state index is 0.0768. The van der Waals surface area contributed by atoms with Crippen molar-refractivity contribution in [2.24, 2.45) is 0 Å². The molecular formula is C29H28N4O5. The number of benzene rings is 2. The smallest absolute Gasteiger partial charge is 0.354 e. The van der Waals surface area contributed by atoms with E-state index in [9.17, 15) is 19.6 Å². The van der Waals surface area contributed by atoms with Gasteiger partial charge in [0.1, 0.15) is 18.1 Å². The summed E-state index contributed by atoms with van der Waals surface area (Å²) in [5, 5.41) is 14.5. The number of nitrogens with one attached hydrogen (secondary N) is 2. The predicted octanol–water partition coefficient (Wildman–Crippen LogP) is 3.20. The molecule has 0 unspecified atom stereocenters. The topological polar surface area (TPSA) is 130 Å². The van der Waals surface area contributed by atoms with Crippen molar-refractivity contribution < 1.29 is 23.9 Å². The summed E-state index contributed by atoms with van der Waals surface area (Å²) >= 11 is 0. The van der Waals surface area contributed by atoms with Crippen molar-refractivity contribution in [1.82, 2.24) is 15.6 Å². The van der Waals surface area contributed by atoms with Gasteiger partial charge >= 0.3 is 5.97 Å². The molecular weight excluding hydrogens is 484 g/mol. The normalized spacial score (nSPS) is 10.7. The zero-order chi connectivity index (χ0) is 27.3. The van der Waals surface area contributed by atoms with E-state index < -0.39 is 11.9 Å². The minimum Gasteiger partial charge on any atom is -0.491 e. The van der Waals surface area contributed by atoms with E-state index in [4.69, 9.17) is 9.47 Å². The highest BCUT2D eigenvalue weighted by Crippen LogP contribution is 2.23. The third kappa shape index (κ3) is 8.31. The van der Waals surface area contributed by atoms with Gasteiger partial charge in [-0.3, -0.25) is 14.6 Å². The molecule has 2 amide bonds. The van der Waals surface area contributed by atoms with E-state index in [-0.39, 0.29) is 24.8 Å². The van der Waals surface area contributed by atoms with Crippen molar-refractivity contribution in [3.8, 4) is 11.8 Å². The van der Waals surface area contributed by atoms with Crippen LogP contribution in [-0.4, -0.2) is 43.0 Å². The Morgan fingerprint density at radius 1 is 1.00 bits per heavy atom. The molecule has 0 saturated heterocycles. The van der Waals surface area contributed by atoms with Crippen molar-refractivity contribution in [1.29, 1.82) is 5.26 Å². The van der Waals surface area contributed by atoms with Crippen molar-refractivity contribution in [3.63, 3.8) is 0 Å². The van der Waals surface area contributed by atoms with Crippen molar-refractivity contribution in [2.45, 2.75) is 19.8 Å². The largest absolute Gasteiger partial charge is 0.491 e. The molecule has 9 nitrogen and oxygen atoms in total. The average molecular weight is 513 g/mol. The number of aromatic nitrogens is 1. The second-order valence-corrected chi connectivity index (χ2v) is 8.25. The molecule has 0 bridgehead atoms. The van der Waals surface area contributed by atoms with Gasteiger partial charge in [-0.2, -0.15) is 5.26 Å². The lowest BCUT2D eigenvalue weighted by Crippen LogP contribution is -2.28. The van der Waals surface area contributed by atoms with Crippen LogP contribution in [0.25, 0.3) is 6.08 Å². The van der Waals surface area contributed by atoms with Gasteiger partial charge < -0.3 is 20.1 Å². The summed E-state index contributed by atoms with van der Waals surface area (Å²) in [4.78, 5) is 40.1. The molecule has 194 valence electrons. The Kier molecular flexibility index (Phi) is 10.1. The number of esters is 1. The first-order valence-electron chi connectivity index (χ1n) is 11.9. The molecule has 0 radical (unpaired) electrons. The van der Waals surface area contributed by atoms with E-state index in [0.29, 0.717) is 22.4 Å². The Balaban J connectivity index is 1.58. The van der Waals surface area contributed by atoms with E-state index in [1.807, 2.05) is 30.3 Å². The minimum atomic E-state index is -0.730. The first-order valence-corrected chi connectivity index (χ1v) is 11.9. The van der Waals surface area contributed by atoms with Crippen LogP contribution in [0.2, 0.25) is 0 Å². The highest BCUT2D eigenvalue weighted by Gasteiger charge is 2.14. The molecule has 1 aromatic heterocycles. The summed E-state index contributed by atoms with van der Waals surface area (Å²) < 4.78 is 10.5. The Bertz CT molecular complexity index is 1350.